The van der Waals surface area contributed by atoms with E-state index < -0.39 is 0 Å². The summed E-state index contributed by atoms with van der Waals surface area (Å²) in [7, 11) is 0. The molecule has 0 saturated carbocycles. The van der Waals surface area contributed by atoms with Crippen LogP contribution in [0.2, 0.25) is 0 Å². The van der Waals surface area contributed by atoms with Crippen molar-refractivity contribution in [2.24, 2.45) is 0 Å². The highest BCUT2D eigenvalue weighted by atomic mass is 35.5. The van der Waals surface area contributed by atoms with Crippen molar-refractivity contribution in [3.63, 3.8) is 0 Å². The first-order valence-corrected chi connectivity index (χ1v) is 7.38. The van der Waals surface area contributed by atoms with Crippen molar-refractivity contribution in [3.05, 3.63) is 57.8 Å². The lowest BCUT2D eigenvalue weighted by Crippen LogP contribution is -2.29. The van der Waals surface area contributed by atoms with Gasteiger partial charge in [0.1, 0.15) is 0 Å². The molecule has 0 aliphatic heterocycles. The van der Waals surface area contributed by atoms with Gasteiger partial charge in [0.25, 0.3) is 0 Å². The van der Waals surface area contributed by atoms with Gasteiger partial charge in [-0.1, -0.05) is 49.7 Å². The van der Waals surface area contributed by atoms with Gasteiger partial charge in [0.2, 0.25) is 0 Å². The topological polar surface area (TPSA) is 12.0 Å². The Morgan fingerprint density at radius 1 is 1.16 bits per heavy atom. The first kappa shape index (κ1) is 16.2. The zero-order valence-corrected chi connectivity index (χ0v) is 13.4. The summed E-state index contributed by atoms with van der Waals surface area (Å²) in [6.45, 7) is 6.56. The summed E-state index contributed by atoms with van der Waals surface area (Å²) in [6.07, 6.45) is 1.06. The fraction of sp³-hybridized carbons (Fsp3) is 0.375. The Balaban J connectivity index is 0.00000180. The molecule has 0 spiro atoms. The molecule has 0 fully saturated rings. The summed E-state index contributed by atoms with van der Waals surface area (Å²) in [6, 6.07) is 14.1. The van der Waals surface area contributed by atoms with E-state index in [0.29, 0.717) is 12.1 Å². The summed E-state index contributed by atoms with van der Waals surface area (Å²) in [5.74, 6) is 0. The fourth-order valence-electron chi connectivity index (χ4n) is 2.21. The van der Waals surface area contributed by atoms with Crippen LogP contribution in [0.5, 0.6) is 0 Å². The predicted octanol–water partition coefficient (Wildman–Crippen LogP) is 4.76. The first-order valence-electron chi connectivity index (χ1n) is 6.50. The Kier molecular flexibility index (Phi) is 6.56. The smallest absolute Gasteiger partial charge is 0.0457 e. The lowest BCUT2D eigenvalue weighted by Gasteiger charge is -2.20. The summed E-state index contributed by atoms with van der Waals surface area (Å²) < 4.78 is 0. The number of thiophene rings is 1. The van der Waals surface area contributed by atoms with Crippen molar-refractivity contribution >= 4 is 23.7 Å². The lowest BCUT2D eigenvalue weighted by atomic mass is 10.0. The maximum Gasteiger partial charge on any atom is 0.0457 e. The highest BCUT2D eigenvalue weighted by molar-refractivity contribution is 7.10. The van der Waals surface area contributed by atoms with Gasteiger partial charge in [-0.15, -0.1) is 23.7 Å². The van der Waals surface area contributed by atoms with Crippen molar-refractivity contribution in [3.8, 4) is 0 Å². The van der Waals surface area contributed by atoms with Crippen LogP contribution < -0.4 is 5.32 Å². The molecule has 2 aromatic rings. The molecule has 1 N–H and O–H groups in total. The van der Waals surface area contributed by atoms with E-state index in [4.69, 9.17) is 0 Å². The second-order valence-electron chi connectivity index (χ2n) is 5.08. The van der Waals surface area contributed by atoms with Crippen LogP contribution in [0.25, 0.3) is 0 Å². The van der Waals surface area contributed by atoms with Crippen molar-refractivity contribution < 1.29 is 0 Å². The zero-order valence-electron chi connectivity index (χ0n) is 11.7. The second-order valence-corrected chi connectivity index (χ2v) is 6.06. The SMILES string of the molecule is Cc1cccc(CC(NC(C)C)c2cccs2)c1.Cl. The van der Waals surface area contributed by atoms with Crippen LogP contribution in [0, 0.1) is 6.92 Å². The summed E-state index contributed by atoms with van der Waals surface area (Å²) in [4.78, 5) is 1.42. The Labute approximate surface area is 126 Å². The van der Waals surface area contributed by atoms with Gasteiger partial charge in [0.05, 0.1) is 0 Å². The average Bonchev–Trinajstić information content (AvgIpc) is 2.80. The molecule has 0 aliphatic rings. The van der Waals surface area contributed by atoms with Crippen molar-refractivity contribution in [2.75, 3.05) is 0 Å². The standard InChI is InChI=1S/C16H21NS.ClH/c1-12(2)17-15(16-8-5-9-18-16)11-14-7-4-6-13(3)10-14;/h4-10,12,15,17H,11H2,1-3H3;1H. The Morgan fingerprint density at radius 3 is 2.53 bits per heavy atom. The third-order valence-electron chi connectivity index (χ3n) is 2.94. The Hall–Kier alpha value is -0.830. The van der Waals surface area contributed by atoms with Gasteiger partial charge in [0.15, 0.2) is 0 Å². The van der Waals surface area contributed by atoms with Crippen molar-refractivity contribution in [1.82, 2.24) is 5.32 Å². The quantitative estimate of drug-likeness (QED) is 0.838. The van der Waals surface area contributed by atoms with E-state index in [-0.39, 0.29) is 12.4 Å². The van der Waals surface area contributed by atoms with Crippen LogP contribution in [-0.2, 0) is 6.42 Å². The second kappa shape index (κ2) is 7.68. The number of rotatable bonds is 5. The molecule has 0 saturated heterocycles. The van der Waals surface area contributed by atoms with Crippen LogP contribution in [0.15, 0.2) is 41.8 Å². The largest absolute Gasteiger partial charge is 0.307 e. The monoisotopic (exact) mass is 295 g/mol. The maximum absolute atomic E-state index is 3.66. The fourth-order valence-corrected chi connectivity index (χ4v) is 3.00. The number of nitrogens with one attached hydrogen (secondary N) is 1. The molecule has 1 nitrogen and oxygen atoms in total. The minimum absolute atomic E-state index is 0. The van der Waals surface area contributed by atoms with Crippen LogP contribution in [0.4, 0.5) is 0 Å². The van der Waals surface area contributed by atoms with Gasteiger partial charge in [-0.05, 0) is 30.4 Å². The number of benzene rings is 1. The molecule has 3 heteroatoms. The van der Waals surface area contributed by atoms with Crippen LogP contribution in [0.1, 0.15) is 35.9 Å². The normalized spacial score (nSPS) is 12.2. The average molecular weight is 296 g/mol. The number of aryl methyl sites for hydroxylation is 1. The molecule has 1 unspecified atom stereocenters. The van der Waals surface area contributed by atoms with Crippen molar-refractivity contribution in [2.45, 2.75) is 39.3 Å². The third kappa shape index (κ3) is 4.98. The van der Waals surface area contributed by atoms with E-state index >= 15 is 0 Å². The molecule has 19 heavy (non-hydrogen) atoms. The molecule has 104 valence electrons. The molecule has 0 bridgehead atoms. The van der Waals surface area contributed by atoms with E-state index in [9.17, 15) is 0 Å². The van der Waals surface area contributed by atoms with Gasteiger partial charge in [0, 0.05) is 17.0 Å². The van der Waals surface area contributed by atoms with Gasteiger partial charge >= 0.3 is 0 Å². The van der Waals surface area contributed by atoms with Gasteiger partial charge < -0.3 is 5.32 Å². The minimum Gasteiger partial charge on any atom is -0.307 e. The predicted molar refractivity (Wildman–Crippen MR) is 87.5 cm³/mol. The van der Waals surface area contributed by atoms with E-state index in [1.54, 1.807) is 0 Å². The summed E-state index contributed by atoms with van der Waals surface area (Å²) in [5.41, 5.74) is 2.74. The highest BCUT2D eigenvalue weighted by Gasteiger charge is 2.14. The Bertz CT molecular complexity index is 479. The zero-order chi connectivity index (χ0) is 13.0. The third-order valence-corrected chi connectivity index (χ3v) is 3.93. The van der Waals surface area contributed by atoms with Gasteiger partial charge in [-0.2, -0.15) is 0 Å². The summed E-state index contributed by atoms with van der Waals surface area (Å²) >= 11 is 1.83. The molecule has 0 radical (unpaired) electrons. The number of hydrogen-bond acceptors (Lipinski definition) is 2. The maximum atomic E-state index is 3.66. The minimum atomic E-state index is 0. The molecule has 1 heterocycles. The van der Waals surface area contributed by atoms with Crippen LogP contribution in [0.3, 0.4) is 0 Å². The van der Waals surface area contributed by atoms with E-state index in [1.807, 2.05) is 11.3 Å². The summed E-state index contributed by atoms with van der Waals surface area (Å²) in [5, 5.41) is 5.81. The molecule has 0 amide bonds. The molecular formula is C16H22ClNS. The van der Waals surface area contributed by atoms with Crippen LogP contribution >= 0.6 is 23.7 Å². The molecule has 2 rings (SSSR count). The first-order chi connectivity index (χ1) is 8.65. The van der Waals surface area contributed by atoms with E-state index in [1.165, 1.54) is 16.0 Å². The van der Waals surface area contributed by atoms with E-state index in [0.717, 1.165) is 6.42 Å². The number of halogens is 1. The van der Waals surface area contributed by atoms with Gasteiger partial charge in [-0.3, -0.25) is 0 Å². The van der Waals surface area contributed by atoms with E-state index in [2.05, 4.69) is 67.9 Å². The molecule has 1 aromatic carbocycles. The molecule has 1 aromatic heterocycles. The highest BCUT2D eigenvalue weighted by Crippen LogP contribution is 2.23. The van der Waals surface area contributed by atoms with Gasteiger partial charge in [-0.25, -0.2) is 0 Å². The molecule has 1 atom stereocenters. The van der Waals surface area contributed by atoms with Crippen LogP contribution in [-0.4, -0.2) is 6.04 Å². The molecule has 0 aliphatic carbocycles. The molecular weight excluding hydrogens is 274 g/mol. The number of hydrogen-bond donors (Lipinski definition) is 1. The lowest BCUT2D eigenvalue weighted by molar-refractivity contribution is 0.480. The Morgan fingerprint density at radius 2 is 1.95 bits per heavy atom. The van der Waals surface area contributed by atoms with Crippen molar-refractivity contribution in [1.29, 1.82) is 0 Å².